The summed E-state index contributed by atoms with van der Waals surface area (Å²) in [5, 5.41) is 0.882. The van der Waals surface area contributed by atoms with E-state index in [1.54, 1.807) is 61.7 Å². The van der Waals surface area contributed by atoms with E-state index in [1.807, 2.05) is 6.07 Å². The third-order valence-corrected chi connectivity index (χ3v) is 5.50. The van der Waals surface area contributed by atoms with Gasteiger partial charge in [0.2, 0.25) is 5.60 Å². The zero-order chi connectivity index (χ0) is 20.4. The van der Waals surface area contributed by atoms with Crippen LogP contribution < -0.4 is 10.2 Å². The molecule has 0 radical (unpaired) electrons. The van der Waals surface area contributed by atoms with Crippen molar-refractivity contribution < 1.29 is 19.1 Å². The van der Waals surface area contributed by atoms with Crippen LogP contribution in [0.15, 0.2) is 60.8 Å². The molecule has 1 N–H and O–H groups in total. The molecule has 0 aliphatic carbocycles. The first kappa shape index (κ1) is 19.2. The number of carbonyl (C=O) groups excluding carboxylic acids is 2. The Morgan fingerprint density at radius 2 is 1.90 bits per heavy atom. The molecular weight excluding hydrogens is 414 g/mol. The van der Waals surface area contributed by atoms with Crippen molar-refractivity contribution in [1.29, 1.82) is 0 Å². The standard InChI is InChI=1S/C20H16ClN3O4S/c1-20(17(25)24(19(26)28-20)23-14-5-3-2-4-6-14)13-7-9-15(10-8-13)27-12-16-11-22-18(21)29-16/h2-11,23H,12H2,1H3. The third kappa shape index (κ3) is 3.90. The van der Waals surface area contributed by atoms with Crippen LogP contribution in [0.25, 0.3) is 0 Å². The summed E-state index contributed by atoms with van der Waals surface area (Å²) in [7, 11) is 0. The molecule has 4 rings (SSSR count). The van der Waals surface area contributed by atoms with Crippen molar-refractivity contribution in [3.8, 4) is 5.75 Å². The molecule has 3 aromatic rings. The summed E-state index contributed by atoms with van der Waals surface area (Å²) in [6.45, 7) is 1.90. The minimum absolute atomic E-state index is 0.337. The summed E-state index contributed by atoms with van der Waals surface area (Å²) < 4.78 is 11.6. The highest BCUT2D eigenvalue weighted by molar-refractivity contribution is 7.15. The van der Waals surface area contributed by atoms with E-state index >= 15 is 0 Å². The van der Waals surface area contributed by atoms with Gasteiger partial charge in [-0.15, -0.1) is 16.3 Å². The van der Waals surface area contributed by atoms with Gasteiger partial charge in [0.25, 0.3) is 5.91 Å². The lowest BCUT2D eigenvalue weighted by Crippen LogP contribution is -2.40. The van der Waals surface area contributed by atoms with Gasteiger partial charge >= 0.3 is 6.09 Å². The summed E-state index contributed by atoms with van der Waals surface area (Å²) in [4.78, 5) is 30.1. The predicted octanol–water partition coefficient (Wildman–Crippen LogP) is 4.60. The van der Waals surface area contributed by atoms with E-state index in [-0.39, 0.29) is 0 Å². The second-order valence-electron chi connectivity index (χ2n) is 6.41. The van der Waals surface area contributed by atoms with Gasteiger partial charge < -0.3 is 9.47 Å². The number of imide groups is 1. The Morgan fingerprint density at radius 1 is 1.17 bits per heavy atom. The van der Waals surface area contributed by atoms with Crippen molar-refractivity contribution in [2.45, 2.75) is 19.1 Å². The topological polar surface area (TPSA) is 80.8 Å². The van der Waals surface area contributed by atoms with Crippen LogP contribution in [0.2, 0.25) is 4.47 Å². The molecule has 1 aromatic heterocycles. The van der Waals surface area contributed by atoms with E-state index in [2.05, 4.69) is 10.4 Å². The third-order valence-electron chi connectivity index (χ3n) is 4.41. The van der Waals surface area contributed by atoms with Gasteiger partial charge in [-0.1, -0.05) is 41.9 Å². The fraction of sp³-hybridized carbons (Fsp3) is 0.150. The number of aromatic nitrogens is 1. The van der Waals surface area contributed by atoms with Crippen molar-refractivity contribution in [2.24, 2.45) is 0 Å². The molecule has 2 amide bonds. The summed E-state index contributed by atoms with van der Waals surface area (Å²) >= 11 is 7.15. The Kier molecular flexibility index (Phi) is 5.12. The van der Waals surface area contributed by atoms with Gasteiger partial charge in [-0.05, 0) is 31.2 Å². The Bertz CT molecular complexity index is 1040. The van der Waals surface area contributed by atoms with Gasteiger partial charge in [-0.25, -0.2) is 9.78 Å². The monoisotopic (exact) mass is 429 g/mol. The molecule has 0 bridgehead atoms. The lowest BCUT2D eigenvalue weighted by molar-refractivity contribution is -0.135. The molecule has 1 fully saturated rings. The van der Waals surface area contributed by atoms with E-state index in [4.69, 9.17) is 21.1 Å². The Labute approximate surface area is 175 Å². The van der Waals surface area contributed by atoms with Gasteiger partial charge in [0.05, 0.1) is 10.6 Å². The zero-order valence-electron chi connectivity index (χ0n) is 15.3. The molecule has 1 saturated heterocycles. The average Bonchev–Trinajstić information content (AvgIpc) is 3.24. The van der Waals surface area contributed by atoms with E-state index in [1.165, 1.54) is 11.3 Å². The first-order valence-corrected chi connectivity index (χ1v) is 9.88. The SMILES string of the molecule is CC1(c2ccc(OCc3cnc(Cl)s3)cc2)OC(=O)N(Nc2ccccc2)C1=O. The number of hydrogen-bond donors (Lipinski definition) is 1. The van der Waals surface area contributed by atoms with Crippen LogP contribution in [0.3, 0.4) is 0 Å². The number of rotatable bonds is 6. The van der Waals surface area contributed by atoms with Crippen molar-refractivity contribution in [3.63, 3.8) is 0 Å². The largest absolute Gasteiger partial charge is 0.488 e. The number of anilines is 1. The van der Waals surface area contributed by atoms with Crippen LogP contribution in [-0.2, 0) is 21.7 Å². The Morgan fingerprint density at radius 3 is 2.55 bits per heavy atom. The quantitative estimate of drug-likeness (QED) is 0.617. The van der Waals surface area contributed by atoms with Crippen molar-refractivity contribution in [2.75, 3.05) is 5.43 Å². The van der Waals surface area contributed by atoms with Gasteiger partial charge in [-0.3, -0.25) is 10.2 Å². The summed E-state index contributed by atoms with van der Waals surface area (Å²) in [6.07, 6.45) is 0.900. The predicted molar refractivity (Wildman–Crippen MR) is 109 cm³/mol. The number of hydrogen-bond acceptors (Lipinski definition) is 7. The smallest absolute Gasteiger partial charge is 0.437 e. The number of ether oxygens (including phenoxy) is 2. The van der Waals surface area contributed by atoms with Crippen molar-refractivity contribution in [1.82, 2.24) is 9.99 Å². The molecule has 1 atom stereocenters. The maximum Gasteiger partial charge on any atom is 0.437 e. The molecule has 0 saturated carbocycles. The van der Waals surface area contributed by atoms with E-state index in [0.29, 0.717) is 28.1 Å². The number of nitrogens with one attached hydrogen (secondary N) is 1. The zero-order valence-corrected chi connectivity index (χ0v) is 16.9. The van der Waals surface area contributed by atoms with Gasteiger partial charge in [-0.2, -0.15) is 0 Å². The number of thiazole rings is 1. The molecule has 1 aliphatic rings. The Balaban J connectivity index is 1.47. The number of nitrogens with zero attached hydrogens (tertiary/aromatic N) is 2. The van der Waals surface area contributed by atoms with Gasteiger partial charge in [0.15, 0.2) is 4.47 Å². The minimum atomic E-state index is -1.43. The molecular formula is C20H16ClN3O4S. The van der Waals surface area contributed by atoms with Crippen LogP contribution in [0, 0.1) is 0 Å². The number of halogens is 1. The highest BCUT2D eigenvalue weighted by Crippen LogP contribution is 2.35. The molecule has 2 aromatic carbocycles. The van der Waals surface area contributed by atoms with Crippen LogP contribution >= 0.6 is 22.9 Å². The number of amides is 2. The summed E-state index contributed by atoms with van der Waals surface area (Å²) in [5.41, 5.74) is 2.51. The van der Waals surface area contributed by atoms with Gasteiger partial charge in [0, 0.05) is 11.8 Å². The molecule has 1 unspecified atom stereocenters. The maximum atomic E-state index is 12.9. The van der Waals surface area contributed by atoms with Crippen LogP contribution in [0.1, 0.15) is 17.4 Å². The lowest BCUT2D eigenvalue weighted by atomic mass is 9.95. The molecule has 1 aliphatic heterocycles. The van der Waals surface area contributed by atoms with Gasteiger partial charge in [0.1, 0.15) is 12.4 Å². The normalized spacial score (nSPS) is 18.6. The molecule has 2 heterocycles. The lowest BCUT2D eigenvalue weighted by Gasteiger charge is -2.21. The first-order chi connectivity index (χ1) is 14.0. The number of para-hydroxylation sites is 1. The second-order valence-corrected chi connectivity index (χ2v) is 8.11. The van der Waals surface area contributed by atoms with Crippen LogP contribution in [0.4, 0.5) is 10.5 Å². The average molecular weight is 430 g/mol. The number of cyclic esters (lactones) is 1. The maximum absolute atomic E-state index is 12.9. The van der Waals surface area contributed by atoms with E-state index < -0.39 is 17.6 Å². The van der Waals surface area contributed by atoms with E-state index in [9.17, 15) is 9.59 Å². The van der Waals surface area contributed by atoms with Crippen molar-refractivity contribution in [3.05, 3.63) is 75.7 Å². The molecule has 7 nitrogen and oxygen atoms in total. The number of benzene rings is 2. The minimum Gasteiger partial charge on any atom is -0.488 e. The highest BCUT2D eigenvalue weighted by Gasteiger charge is 2.52. The number of hydrazine groups is 1. The first-order valence-electron chi connectivity index (χ1n) is 8.68. The second kappa shape index (κ2) is 7.73. The highest BCUT2D eigenvalue weighted by atomic mass is 35.5. The molecule has 29 heavy (non-hydrogen) atoms. The summed E-state index contributed by atoms with van der Waals surface area (Å²) in [5.74, 6) is 0.109. The molecule has 9 heteroatoms. The summed E-state index contributed by atoms with van der Waals surface area (Å²) in [6, 6.07) is 15.8. The van der Waals surface area contributed by atoms with Crippen LogP contribution in [-0.4, -0.2) is 22.0 Å². The van der Waals surface area contributed by atoms with E-state index in [0.717, 1.165) is 9.89 Å². The van der Waals surface area contributed by atoms with Crippen molar-refractivity contribution >= 4 is 40.6 Å². The molecule has 0 spiro atoms. The Hall–Kier alpha value is -3.10. The van der Waals surface area contributed by atoms with Crippen LogP contribution in [0.5, 0.6) is 5.75 Å². The number of carbonyl (C=O) groups is 2. The molecule has 148 valence electrons. The fourth-order valence-electron chi connectivity index (χ4n) is 2.85. The fourth-order valence-corrected chi connectivity index (χ4v) is 3.75.